The van der Waals surface area contributed by atoms with Crippen LogP contribution in [0.1, 0.15) is 57.9 Å². The standard InChI is InChI=1S/C23H36O9S/c1-4-28-22(24)10-9-16-30-20-12-13-21(19(18-20)11-14-23(25)29-5-2)31-15-7-6-8-17-32-33(3,26)27/h12-13,18H,4-11,14-17H2,1-3H3. The van der Waals surface area contributed by atoms with Crippen LogP contribution in [0.2, 0.25) is 0 Å². The zero-order valence-electron chi connectivity index (χ0n) is 19.8. The third-order valence-electron chi connectivity index (χ3n) is 4.38. The van der Waals surface area contributed by atoms with Gasteiger partial charge < -0.3 is 18.9 Å². The highest BCUT2D eigenvalue weighted by atomic mass is 32.2. The van der Waals surface area contributed by atoms with Gasteiger partial charge in [-0.2, -0.15) is 8.42 Å². The van der Waals surface area contributed by atoms with Crippen LogP contribution in [0.4, 0.5) is 0 Å². The molecule has 0 aliphatic heterocycles. The summed E-state index contributed by atoms with van der Waals surface area (Å²) in [6.07, 6.45) is 4.63. The first-order valence-electron chi connectivity index (χ1n) is 11.3. The molecule has 1 rings (SSSR count). The van der Waals surface area contributed by atoms with Gasteiger partial charge in [-0.05, 0) is 69.7 Å². The number of rotatable bonds is 18. The van der Waals surface area contributed by atoms with E-state index >= 15 is 0 Å². The Morgan fingerprint density at radius 2 is 1.45 bits per heavy atom. The second kappa shape index (κ2) is 16.3. The van der Waals surface area contributed by atoms with E-state index in [-0.39, 0.29) is 25.0 Å². The van der Waals surface area contributed by atoms with E-state index in [1.165, 1.54) is 0 Å². The number of benzene rings is 1. The van der Waals surface area contributed by atoms with Crippen molar-refractivity contribution in [3.05, 3.63) is 23.8 Å². The van der Waals surface area contributed by atoms with E-state index in [9.17, 15) is 18.0 Å². The molecule has 1 aromatic carbocycles. The fourth-order valence-electron chi connectivity index (χ4n) is 2.86. The third-order valence-corrected chi connectivity index (χ3v) is 4.97. The predicted molar refractivity (Wildman–Crippen MR) is 123 cm³/mol. The van der Waals surface area contributed by atoms with Gasteiger partial charge in [-0.1, -0.05) is 0 Å². The summed E-state index contributed by atoms with van der Waals surface area (Å²) in [4.78, 5) is 23.2. The van der Waals surface area contributed by atoms with E-state index in [2.05, 4.69) is 0 Å². The maximum atomic E-state index is 11.8. The lowest BCUT2D eigenvalue weighted by atomic mass is 10.1. The van der Waals surface area contributed by atoms with E-state index in [0.29, 0.717) is 63.6 Å². The molecular weight excluding hydrogens is 452 g/mol. The summed E-state index contributed by atoms with van der Waals surface area (Å²) in [5, 5.41) is 0. The zero-order chi connectivity index (χ0) is 24.5. The van der Waals surface area contributed by atoms with E-state index in [1.807, 2.05) is 6.07 Å². The second-order valence-corrected chi connectivity index (χ2v) is 8.91. The van der Waals surface area contributed by atoms with Gasteiger partial charge in [0.15, 0.2) is 0 Å². The van der Waals surface area contributed by atoms with Gasteiger partial charge in [0.1, 0.15) is 11.5 Å². The van der Waals surface area contributed by atoms with Gasteiger partial charge in [0, 0.05) is 12.8 Å². The Morgan fingerprint density at radius 3 is 2.12 bits per heavy atom. The molecule has 0 amide bonds. The first-order chi connectivity index (χ1) is 15.7. The number of hydrogen-bond acceptors (Lipinski definition) is 9. The van der Waals surface area contributed by atoms with Gasteiger partial charge in [-0.15, -0.1) is 0 Å². The van der Waals surface area contributed by atoms with Gasteiger partial charge in [-0.3, -0.25) is 13.8 Å². The van der Waals surface area contributed by atoms with Crippen LogP contribution in [0, 0.1) is 0 Å². The Balaban J connectivity index is 2.57. The van der Waals surface area contributed by atoms with Crippen LogP contribution in [-0.2, 0) is 39.8 Å². The Bertz CT molecular complexity index is 821. The molecule has 10 heteroatoms. The molecule has 1 aromatic rings. The highest BCUT2D eigenvalue weighted by Crippen LogP contribution is 2.26. The molecule has 0 heterocycles. The minimum Gasteiger partial charge on any atom is -0.494 e. The topological polar surface area (TPSA) is 114 Å². The van der Waals surface area contributed by atoms with Crippen LogP contribution in [0.15, 0.2) is 18.2 Å². The lowest BCUT2D eigenvalue weighted by Crippen LogP contribution is -2.08. The van der Waals surface area contributed by atoms with Crippen molar-refractivity contribution in [2.75, 3.05) is 39.3 Å². The van der Waals surface area contributed by atoms with Crippen molar-refractivity contribution in [1.29, 1.82) is 0 Å². The molecule has 0 saturated carbocycles. The average Bonchev–Trinajstić information content (AvgIpc) is 2.75. The van der Waals surface area contributed by atoms with Crippen LogP contribution < -0.4 is 9.47 Å². The van der Waals surface area contributed by atoms with Gasteiger partial charge in [0.25, 0.3) is 10.1 Å². The summed E-state index contributed by atoms with van der Waals surface area (Å²) >= 11 is 0. The van der Waals surface area contributed by atoms with E-state index < -0.39 is 10.1 Å². The summed E-state index contributed by atoms with van der Waals surface area (Å²) in [5.41, 5.74) is 0.825. The number of hydrogen-bond donors (Lipinski definition) is 0. The first kappa shape index (κ1) is 28.7. The summed E-state index contributed by atoms with van der Waals surface area (Å²) < 4.78 is 48.1. The van der Waals surface area contributed by atoms with Crippen molar-refractivity contribution >= 4 is 22.1 Å². The van der Waals surface area contributed by atoms with Crippen molar-refractivity contribution in [1.82, 2.24) is 0 Å². The number of ether oxygens (including phenoxy) is 4. The van der Waals surface area contributed by atoms with E-state index in [0.717, 1.165) is 24.7 Å². The molecule has 0 spiro atoms. The minimum absolute atomic E-state index is 0.159. The van der Waals surface area contributed by atoms with Gasteiger partial charge >= 0.3 is 11.9 Å². The van der Waals surface area contributed by atoms with Crippen molar-refractivity contribution in [3.8, 4) is 11.5 Å². The molecule has 0 atom stereocenters. The van der Waals surface area contributed by atoms with Crippen molar-refractivity contribution in [3.63, 3.8) is 0 Å². The molecule has 188 valence electrons. The molecule has 0 unspecified atom stereocenters. The molecule has 0 bridgehead atoms. The molecular formula is C23H36O9S. The highest BCUT2D eigenvalue weighted by Gasteiger charge is 2.11. The Kier molecular flexibility index (Phi) is 14.2. The number of esters is 2. The zero-order valence-corrected chi connectivity index (χ0v) is 20.6. The summed E-state index contributed by atoms with van der Waals surface area (Å²) in [6.45, 7) is 5.19. The van der Waals surface area contributed by atoms with E-state index in [1.54, 1.807) is 26.0 Å². The summed E-state index contributed by atoms with van der Waals surface area (Å²) in [6, 6.07) is 5.42. The van der Waals surface area contributed by atoms with Gasteiger partial charge in [0.2, 0.25) is 0 Å². The smallest absolute Gasteiger partial charge is 0.306 e. The van der Waals surface area contributed by atoms with Crippen LogP contribution >= 0.6 is 0 Å². The van der Waals surface area contributed by atoms with Crippen LogP contribution in [0.3, 0.4) is 0 Å². The van der Waals surface area contributed by atoms with Crippen LogP contribution in [-0.4, -0.2) is 59.6 Å². The third kappa shape index (κ3) is 14.4. The molecule has 0 aromatic heterocycles. The van der Waals surface area contributed by atoms with E-state index in [4.69, 9.17) is 23.1 Å². The second-order valence-electron chi connectivity index (χ2n) is 7.27. The summed E-state index contributed by atoms with van der Waals surface area (Å²) in [5.74, 6) is 0.756. The molecule has 0 N–H and O–H groups in total. The number of unbranched alkanes of at least 4 members (excludes halogenated alkanes) is 2. The lowest BCUT2D eigenvalue weighted by Gasteiger charge is -2.14. The maximum Gasteiger partial charge on any atom is 0.306 e. The van der Waals surface area contributed by atoms with Gasteiger partial charge in [-0.25, -0.2) is 0 Å². The molecule has 0 radical (unpaired) electrons. The molecule has 0 aliphatic carbocycles. The van der Waals surface area contributed by atoms with Crippen LogP contribution in [0.25, 0.3) is 0 Å². The SMILES string of the molecule is CCOC(=O)CCCOc1ccc(OCCCCCOS(C)(=O)=O)c(CCC(=O)OCC)c1. The minimum atomic E-state index is -3.41. The quantitative estimate of drug-likeness (QED) is 0.174. The van der Waals surface area contributed by atoms with Crippen molar-refractivity contribution in [2.45, 2.75) is 58.8 Å². The maximum absolute atomic E-state index is 11.8. The molecule has 33 heavy (non-hydrogen) atoms. The first-order valence-corrected chi connectivity index (χ1v) is 13.1. The predicted octanol–water partition coefficient (Wildman–Crippen LogP) is 3.43. The molecule has 0 aliphatic rings. The average molecular weight is 489 g/mol. The number of aryl methyl sites for hydroxylation is 1. The Labute approximate surface area is 196 Å². The largest absolute Gasteiger partial charge is 0.494 e. The van der Waals surface area contributed by atoms with Crippen LogP contribution in [0.5, 0.6) is 11.5 Å². The fraction of sp³-hybridized carbons (Fsp3) is 0.652. The molecule has 9 nitrogen and oxygen atoms in total. The molecule has 0 saturated heterocycles. The summed E-state index contributed by atoms with van der Waals surface area (Å²) in [7, 11) is -3.41. The van der Waals surface area contributed by atoms with Crippen molar-refractivity contribution < 1.29 is 41.1 Å². The Morgan fingerprint density at radius 1 is 0.818 bits per heavy atom. The number of carbonyl (C=O) groups excluding carboxylic acids is 2. The highest BCUT2D eigenvalue weighted by molar-refractivity contribution is 7.85. The Hall–Kier alpha value is -2.33. The fourth-order valence-corrected chi connectivity index (χ4v) is 3.29. The van der Waals surface area contributed by atoms with Crippen molar-refractivity contribution in [2.24, 2.45) is 0 Å². The monoisotopic (exact) mass is 488 g/mol. The number of carbonyl (C=O) groups is 2. The normalized spacial score (nSPS) is 11.1. The lowest BCUT2D eigenvalue weighted by molar-refractivity contribution is -0.144. The van der Waals surface area contributed by atoms with Gasteiger partial charge in [0.05, 0.1) is 39.3 Å². The molecule has 0 fully saturated rings.